The lowest BCUT2D eigenvalue weighted by molar-refractivity contribution is -0.162. The fourth-order valence-electron chi connectivity index (χ4n) is 7.29. The van der Waals surface area contributed by atoms with Crippen molar-refractivity contribution in [3.63, 3.8) is 0 Å². The monoisotopic (exact) mass is 772 g/mol. The fraction of sp³-hybridized carbons (Fsp3) is 0.222. The first kappa shape index (κ1) is 32.2. The number of hydrogen-bond acceptors (Lipinski definition) is 8. The molecule has 2 spiro atoms. The number of hydrogen-bond donors (Lipinski definition) is 2. The molecular formula is C36H30Br2N4O6. The molecule has 0 unspecified atom stereocenters. The van der Waals surface area contributed by atoms with Crippen LogP contribution in [0.1, 0.15) is 22.3 Å². The van der Waals surface area contributed by atoms with Gasteiger partial charge in [0.05, 0.1) is 38.7 Å². The summed E-state index contributed by atoms with van der Waals surface area (Å²) in [6.07, 6.45) is 0. The number of amides is 2. The lowest BCUT2D eigenvalue weighted by Gasteiger charge is -2.52. The van der Waals surface area contributed by atoms with Gasteiger partial charge in [-0.2, -0.15) is 0 Å². The Morgan fingerprint density at radius 1 is 0.646 bits per heavy atom. The Hall–Kier alpha value is -4.36. The van der Waals surface area contributed by atoms with Crippen LogP contribution in [0.25, 0.3) is 0 Å². The summed E-state index contributed by atoms with van der Waals surface area (Å²) < 4.78 is 11.8. The minimum atomic E-state index is -1.92. The molecule has 0 bridgehead atoms. The first-order valence-electron chi connectivity index (χ1n) is 15.2. The molecule has 3 aliphatic rings. The average Bonchev–Trinajstić information content (AvgIpc) is 3.46. The number of carbonyl (C=O) groups is 4. The van der Waals surface area contributed by atoms with E-state index in [0.717, 1.165) is 11.1 Å². The van der Waals surface area contributed by atoms with E-state index in [1.54, 1.807) is 34.1 Å². The van der Waals surface area contributed by atoms with Crippen LogP contribution in [0.2, 0.25) is 0 Å². The third-order valence-corrected chi connectivity index (χ3v) is 10.3. The Kier molecular flexibility index (Phi) is 8.23. The van der Waals surface area contributed by atoms with Crippen LogP contribution in [0, 0.1) is 0 Å². The second kappa shape index (κ2) is 12.3. The molecule has 1 saturated heterocycles. The molecule has 4 atom stereocenters. The first-order valence-corrected chi connectivity index (χ1v) is 16.8. The van der Waals surface area contributed by atoms with Crippen molar-refractivity contribution in [2.75, 3.05) is 24.0 Å². The summed E-state index contributed by atoms with van der Waals surface area (Å²) in [6.45, 7) is 0.363. The van der Waals surface area contributed by atoms with Crippen molar-refractivity contribution in [2.45, 2.75) is 36.3 Å². The number of benzene rings is 4. The number of nitrogens with zero attached hydrogens (tertiary/aromatic N) is 2. The van der Waals surface area contributed by atoms with E-state index >= 15 is 9.59 Å². The minimum Gasteiger partial charge on any atom is -0.468 e. The zero-order valence-electron chi connectivity index (χ0n) is 25.9. The lowest BCUT2D eigenvalue weighted by Crippen LogP contribution is -2.83. The SMILES string of the molecule is COC(=O)[C@H]1N[C@]2(C(=O)N(Cc3ccccc3)c3cc(Br)ccc32)[C@]2(N[C@H]1C(=O)OC)C(=O)N(Cc1ccccc1)c1cc(Br)ccc12. The summed E-state index contributed by atoms with van der Waals surface area (Å²) in [5.74, 6) is -2.56. The van der Waals surface area contributed by atoms with Gasteiger partial charge in [-0.25, -0.2) is 0 Å². The largest absolute Gasteiger partial charge is 0.468 e. The van der Waals surface area contributed by atoms with Gasteiger partial charge in [0.15, 0.2) is 11.1 Å². The zero-order chi connectivity index (χ0) is 33.8. The Morgan fingerprint density at radius 3 is 1.38 bits per heavy atom. The van der Waals surface area contributed by atoms with E-state index in [1.165, 1.54) is 14.2 Å². The number of anilines is 2. The smallest absolute Gasteiger partial charge is 0.325 e. The van der Waals surface area contributed by atoms with Crippen LogP contribution in [0.3, 0.4) is 0 Å². The number of nitrogens with one attached hydrogen (secondary N) is 2. The van der Waals surface area contributed by atoms with Gasteiger partial charge in [0.1, 0.15) is 12.1 Å². The molecule has 244 valence electrons. The Labute approximate surface area is 293 Å². The number of methoxy groups -OCH3 is 2. The molecule has 1 fully saturated rings. The van der Waals surface area contributed by atoms with Crippen LogP contribution in [0.4, 0.5) is 11.4 Å². The lowest BCUT2D eigenvalue weighted by atomic mass is 9.66. The second-order valence-corrected chi connectivity index (χ2v) is 13.7. The van der Waals surface area contributed by atoms with E-state index in [-0.39, 0.29) is 13.1 Å². The topological polar surface area (TPSA) is 117 Å². The Morgan fingerprint density at radius 2 is 1.02 bits per heavy atom. The van der Waals surface area contributed by atoms with Crippen LogP contribution in [-0.4, -0.2) is 50.1 Å². The maximum Gasteiger partial charge on any atom is 0.325 e. The number of halogens is 2. The molecule has 7 rings (SSSR count). The maximum atomic E-state index is 15.5. The quantitative estimate of drug-likeness (QED) is 0.272. The zero-order valence-corrected chi connectivity index (χ0v) is 29.1. The first-order chi connectivity index (χ1) is 23.2. The van der Waals surface area contributed by atoms with Crippen molar-refractivity contribution in [3.8, 4) is 0 Å². The molecule has 3 heterocycles. The van der Waals surface area contributed by atoms with Crippen molar-refractivity contribution in [1.29, 1.82) is 0 Å². The van der Waals surface area contributed by atoms with Crippen LogP contribution >= 0.6 is 31.9 Å². The van der Waals surface area contributed by atoms with E-state index in [9.17, 15) is 9.59 Å². The van der Waals surface area contributed by atoms with Crippen molar-refractivity contribution in [3.05, 3.63) is 128 Å². The number of carbonyl (C=O) groups excluding carboxylic acids is 4. The van der Waals surface area contributed by atoms with E-state index in [0.29, 0.717) is 31.4 Å². The van der Waals surface area contributed by atoms with E-state index in [1.807, 2.05) is 72.8 Å². The standard InChI is InChI=1S/C36H30Br2N4O6/c1-47-31(43)29-30(32(44)48-2)40-36(26-16-14-24(38)18-28(26)42(34(36)46)20-22-11-7-4-8-12-22)35(39-29)25-15-13-23(37)17-27(25)41(33(35)45)19-21-9-5-3-6-10-21/h3-18,29-30,39-40H,19-20H2,1-2H3/t29-,30+,35-,36-/m1/s1. The Balaban J connectivity index is 1.52. The number of ether oxygens (including phenoxy) is 2. The number of piperazine rings is 1. The van der Waals surface area contributed by atoms with Crippen LogP contribution in [-0.2, 0) is 52.8 Å². The normalized spacial score (nSPS) is 24.2. The number of fused-ring (bicyclic) bond motifs is 5. The van der Waals surface area contributed by atoms with Gasteiger partial charge in [0.25, 0.3) is 11.8 Å². The third kappa shape index (κ3) is 4.73. The molecular weight excluding hydrogens is 744 g/mol. The van der Waals surface area contributed by atoms with Gasteiger partial charge in [-0.05, 0) is 35.4 Å². The highest BCUT2D eigenvalue weighted by molar-refractivity contribution is 9.10. The third-order valence-electron chi connectivity index (χ3n) is 9.36. The summed E-state index contributed by atoms with van der Waals surface area (Å²) in [6, 6.07) is 27.0. The van der Waals surface area contributed by atoms with Crippen molar-refractivity contribution in [2.24, 2.45) is 0 Å². The summed E-state index contributed by atoms with van der Waals surface area (Å²) >= 11 is 7.14. The van der Waals surface area contributed by atoms with E-state index in [4.69, 9.17) is 9.47 Å². The van der Waals surface area contributed by atoms with Gasteiger partial charge in [0, 0.05) is 20.1 Å². The van der Waals surface area contributed by atoms with E-state index in [2.05, 4.69) is 42.5 Å². The van der Waals surface area contributed by atoms with Crippen molar-refractivity contribution in [1.82, 2.24) is 10.6 Å². The molecule has 2 N–H and O–H groups in total. The van der Waals surface area contributed by atoms with Gasteiger partial charge in [-0.3, -0.25) is 29.8 Å². The molecule has 12 heteroatoms. The maximum absolute atomic E-state index is 15.5. The van der Waals surface area contributed by atoms with Crippen LogP contribution in [0.5, 0.6) is 0 Å². The molecule has 0 aromatic heterocycles. The highest BCUT2D eigenvalue weighted by atomic mass is 79.9. The van der Waals surface area contributed by atoms with Crippen LogP contribution in [0.15, 0.2) is 106 Å². The molecule has 3 aliphatic heterocycles. The van der Waals surface area contributed by atoms with Gasteiger partial charge >= 0.3 is 11.9 Å². The predicted octanol–water partition coefficient (Wildman–Crippen LogP) is 4.67. The minimum absolute atomic E-state index is 0.182. The highest BCUT2D eigenvalue weighted by Gasteiger charge is 2.75. The van der Waals surface area contributed by atoms with Crippen LogP contribution < -0.4 is 20.4 Å². The Bertz CT molecular complexity index is 1820. The molecule has 10 nitrogen and oxygen atoms in total. The number of esters is 2. The van der Waals surface area contributed by atoms with Gasteiger partial charge in [0.2, 0.25) is 0 Å². The van der Waals surface area contributed by atoms with Gasteiger partial charge in [-0.1, -0.05) is 105 Å². The average molecular weight is 774 g/mol. The van der Waals surface area contributed by atoms with Gasteiger partial charge in [-0.15, -0.1) is 0 Å². The highest BCUT2D eigenvalue weighted by Crippen LogP contribution is 2.58. The molecule has 0 saturated carbocycles. The molecule has 0 radical (unpaired) electrons. The van der Waals surface area contributed by atoms with E-state index < -0.39 is 46.9 Å². The number of rotatable bonds is 6. The molecule has 4 aromatic carbocycles. The van der Waals surface area contributed by atoms with Crippen molar-refractivity contribution < 1.29 is 28.7 Å². The predicted molar refractivity (Wildman–Crippen MR) is 185 cm³/mol. The second-order valence-electron chi connectivity index (χ2n) is 11.9. The summed E-state index contributed by atoms with van der Waals surface area (Å²) in [4.78, 5) is 61.2. The molecule has 4 aromatic rings. The van der Waals surface area contributed by atoms with Gasteiger partial charge < -0.3 is 19.3 Å². The summed E-state index contributed by atoms with van der Waals surface area (Å²) in [7, 11) is 2.40. The molecule has 0 aliphatic carbocycles. The molecule has 2 amide bonds. The summed E-state index contributed by atoms with van der Waals surface area (Å²) in [5.41, 5.74) is -0.133. The fourth-order valence-corrected chi connectivity index (χ4v) is 7.99. The summed E-state index contributed by atoms with van der Waals surface area (Å²) in [5, 5.41) is 6.57. The van der Waals surface area contributed by atoms with Crippen molar-refractivity contribution >= 4 is 67.0 Å². The molecule has 48 heavy (non-hydrogen) atoms.